The molecule has 3 heteroatoms. The molecule has 0 aliphatic rings. The van der Waals surface area contributed by atoms with Gasteiger partial charge in [-0.05, 0) is 20.0 Å². The monoisotopic (exact) mass is 210 g/mol. The van der Waals surface area contributed by atoms with Crippen LogP contribution in [-0.2, 0) is 4.43 Å². The third kappa shape index (κ3) is 3.38. The van der Waals surface area contributed by atoms with Crippen molar-refractivity contribution in [2.75, 3.05) is 6.61 Å². The Balaban J connectivity index is 3.70. The Bertz CT molecular complexity index is 83.1. The molecule has 0 amide bonds. The van der Waals surface area contributed by atoms with Crippen LogP contribution < -0.4 is 0 Å². The second-order valence-electron chi connectivity index (χ2n) is 2.65. The Hall–Kier alpha value is 0.657. The quantitative estimate of drug-likeness (QED) is 0.515. The summed E-state index contributed by atoms with van der Waals surface area (Å²) in [7, 11) is -1.36. The summed E-state index contributed by atoms with van der Waals surface area (Å²) >= 11 is 3.53. The van der Waals surface area contributed by atoms with Crippen molar-refractivity contribution in [1.29, 1.82) is 0 Å². The minimum Gasteiger partial charge on any atom is -0.417 e. The molecule has 1 atom stereocenters. The fraction of sp³-hybridized carbons (Fsp3) is 1.00. The molecule has 0 rings (SSSR count). The molecule has 0 saturated carbocycles. The van der Waals surface area contributed by atoms with E-state index < -0.39 is 8.32 Å². The van der Waals surface area contributed by atoms with E-state index in [2.05, 4.69) is 35.9 Å². The van der Waals surface area contributed by atoms with Crippen LogP contribution >= 0.6 is 15.9 Å². The van der Waals surface area contributed by atoms with E-state index in [0.29, 0.717) is 4.45 Å². The zero-order valence-corrected chi connectivity index (χ0v) is 9.16. The first-order chi connectivity index (χ1) is 4.00. The van der Waals surface area contributed by atoms with Gasteiger partial charge in [-0.2, -0.15) is 0 Å². The predicted octanol–water partition coefficient (Wildman–Crippen LogP) is 2.55. The summed E-state index contributed by atoms with van der Waals surface area (Å²) in [5.41, 5.74) is 0. The van der Waals surface area contributed by atoms with Gasteiger partial charge >= 0.3 is 0 Å². The van der Waals surface area contributed by atoms with Crippen LogP contribution in [0.5, 0.6) is 0 Å². The number of hydrogen-bond acceptors (Lipinski definition) is 1. The van der Waals surface area contributed by atoms with Crippen LogP contribution in [0.1, 0.15) is 13.8 Å². The van der Waals surface area contributed by atoms with Crippen LogP contribution in [0.2, 0.25) is 13.1 Å². The molecule has 0 bridgehead atoms. The summed E-state index contributed by atoms with van der Waals surface area (Å²) in [6, 6.07) is 0. The average Bonchev–Trinajstić information content (AvgIpc) is 1.65. The Labute approximate surface area is 67.0 Å². The molecule has 1 nitrogen and oxygen atoms in total. The number of alkyl halides is 1. The van der Waals surface area contributed by atoms with Crippen LogP contribution in [0.3, 0.4) is 0 Å². The van der Waals surface area contributed by atoms with Gasteiger partial charge in [0.15, 0.2) is 8.32 Å². The Morgan fingerprint density at radius 2 is 2.00 bits per heavy atom. The lowest BCUT2D eigenvalue weighted by Crippen LogP contribution is -2.39. The number of hydrogen-bond donors (Lipinski definition) is 0. The topological polar surface area (TPSA) is 9.23 Å². The van der Waals surface area contributed by atoms with E-state index >= 15 is 0 Å². The highest BCUT2D eigenvalue weighted by molar-refractivity contribution is 9.10. The van der Waals surface area contributed by atoms with Gasteiger partial charge in [0.25, 0.3) is 0 Å². The molecular weight excluding hydrogens is 196 g/mol. The summed E-state index contributed by atoms with van der Waals surface area (Å²) in [6.07, 6.45) is 0. The highest BCUT2D eigenvalue weighted by atomic mass is 79.9. The van der Waals surface area contributed by atoms with E-state index in [1.807, 2.05) is 6.92 Å². The second kappa shape index (κ2) is 3.74. The van der Waals surface area contributed by atoms with Gasteiger partial charge in [0.2, 0.25) is 0 Å². The van der Waals surface area contributed by atoms with E-state index in [-0.39, 0.29) is 0 Å². The first-order valence-corrected chi connectivity index (χ1v) is 7.19. The number of halogens is 1. The zero-order chi connectivity index (χ0) is 7.49. The largest absolute Gasteiger partial charge is 0.417 e. The Morgan fingerprint density at radius 1 is 1.56 bits per heavy atom. The van der Waals surface area contributed by atoms with Crippen molar-refractivity contribution in [3.63, 3.8) is 0 Å². The minimum absolute atomic E-state index is 0.546. The summed E-state index contributed by atoms with van der Waals surface area (Å²) < 4.78 is 6.13. The third-order valence-electron chi connectivity index (χ3n) is 1.47. The molecule has 0 fully saturated rings. The second-order valence-corrected chi connectivity index (χ2v) is 9.23. The van der Waals surface area contributed by atoms with Crippen molar-refractivity contribution in [2.24, 2.45) is 0 Å². The SMILES string of the molecule is CCO[Si](C)(C)C(C)Br. The van der Waals surface area contributed by atoms with E-state index in [0.717, 1.165) is 6.61 Å². The first kappa shape index (κ1) is 9.66. The van der Waals surface area contributed by atoms with Crippen LogP contribution in [0, 0.1) is 0 Å². The predicted molar refractivity (Wildman–Crippen MR) is 47.5 cm³/mol. The minimum atomic E-state index is -1.36. The fourth-order valence-electron chi connectivity index (χ4n) is 0.487. The molecule has 0 saturated heterocycles. The van der Waals surface area contributed by atoms with Crippen LogP contribution in [0.4, 0.5) is 0 Å². The van der Waals surface area contributed by atoms with Crippen molar-refractivity contribution < 1.29 is 4.43 Å². The average molecular weight is 211 g/mol. The number of rotatable bonds is 3. The molecule has 56 valence electrons. The molecular formula is C6H15BrOSi. The maximum atomic E-state index is 5.58. The molecule has 0 aromatic rings. The van der Waals surface area contributed by atoms with Gasteiger partial charge in [0, 0.05) is 11.1 Å². The van der Waals surface area contributed by atoms with Gasteiger partial charge in [-0.15, -0.1) is 0 Å². The standard InChI is InChI=1S/C6H15BrOSi/c1-5-8-9(3,4)6(2)7/h6H,5H2,1-4H3. The molecule has 0 aromatic carbocycles. The summed E-state index contributed by atoms with van der Waals surface area (Å²) in [6.45, 7) is 9.48. The van der Waals surface area contributed by atoms with Gasteiger partial charge in [0.1, 0.15) is 0 Å². The molecule has 9 heavy (non-hydrogen) atoms. The molecule has 0 N–H and O–H groups in total. The van der Waals surface area contributed by atoms with E-state index in [1.54, 1.807) is 0 Å². The van der Waals surface area contributed by atoms with Crippen molar-refractivity contribution in [1.82, 2.24) is 0 Å². The zero-order valence-electron chi connectivity index (χ0n) is 6.57. The lowest BCUT2D eigenvalue weighted by Gasteiger charge is -2.24. The van der Waals surface area contributed by atoms with Gasteiger partial charge < -0.3 is 4.43 Å². The maximum Gasteiger partial charge on any atom is 0.199 e. The molecule has 0 radical (unpaired) electrons. The van der Waals surface area contributed by atoms with E-state index in [1.165, 1.54) is 0 Å². The molecule has 1 unspecified atom stereocenters. The maximum absolute atomic E-state index is 5.58. The highest BCUT2D eigenvalue weighted by Gasteiger charge is 2.27. The smallest absolute Gasteiger partial charge is 0.199 e. The highest BCUT2D eigenvalue weighted by Crippen LogP contribution is 2.16. The molecule has 0 aliphatic heterocycles. The fourth-order valence-corrected chi connectivity index (χ4v) is 1.86. The molecule has 0 aliphatic carbocycles. The van der Waals surface area contributed by atoms with Crippen molar-refractivity contribution in [2.45, 2.75) is 31.4 Å². The van der Waals surface area contributed by atoms with Crippen LogP contribution in [0.25, 0.3) is 0 Å². The van der Waals surface area contributed by atoms with Gasteiger partial charge in [0.05, 0.1) is 0 Å². The third-order valence-corrected chi connectivity index (χ3v) is 7.73. The van der Waals surface area contributed by atoms with Crippen LogP contribution in [0.15, 0.2) is 0 Å². The molecule has 0 heterocycles. The summed E-state index contributed by atoms with van der Waals surface area (Å²) in [5.74, 6) is 0. The van der Waals surface area contributed by atoms with Gasteiger partial charge in [-0.25, -0.2) is 0 Å². The lowest BCUT2D eigenvalue weighted by atomic mass is 10.9. The molecule has 0 spiro atoms. The molecule has 0 aromatic heterocycles. The van der Waals surface area contributed by atoms with Crippen molar-refractivity contribution in [3.8, 4) is 0 Å². The first-order valence-electron chi connectivity index (χ1n) is 3.28. The van der Waals surface area contributed by atoms with E-state index in [9.17, 15) is 0 Å². The van der Waals surface area contributed by atoms with Crippen molar-refractivity contribution >= 4 is 24.2 Å². The van der Waals surface area contributed by atoms with E-state index in [4.69, 9.17) is 4.43 Å². The normalized spacial score (nSPS) is 15.7. The summed E-state index contributed by atoms with van der Waals surface area (Å²) in [4.78, 5) is 0. The van der Waals surface area contributed by atoms with Crippen molar-refractivity contribution in [3.05, 3.63) is 0 Å². The van der Waals surface area contributed by atoms with Gasteiger partial charge in [-0.1, -0.05) is 22.9 Å². The Morgan fingerprint density at radius 3 is 2.11 bits per heavy atom. The Kier molecular flexibility index (Phi) is 4.01. The van der Waals surface area contributed by atoms with Crippen LogP contribution in [-0.4, -0.2) is 19.4 Å². The summed E-state index contributed by atoms with van der Waals surface area (Å²) in [5, 5.41) is 0. The van der Waals surface area contributed by atoms with Gasteiger partial charge in [-0.3, -0.25) is 0 Å². The lowest BCUT2D eigenvalue weighted by molar-refractivity contribution is 0.329.